The Kier molecular flexibility index (Phi) is 4.61. The normalized spacial score (nSPS) is 16.8. The van der Waals surface area contributed by atoms with Crippen LogP contribution < -0.4 is 5.32 Å². The highest BCUT2D eigenvalue weighted by atomic mass is 15.3. The van der Waals surface area contributed by atoms with E-state index in [0.29, 0.717) is 5.92 Å². The number of hydrogen-bond donors (Lipinski definition) is 1. The van der Waals surface area contributed by atoms with Crippen molar-refractivity contribution in [3.8, 4) is 5.69 Å². The third-order valence-corrected chi connectivity index (χ3v) is 4.94. The SMILES string of the molecule is CCc1nnc2n1CC(CNCc1ccc(-n3ccnc3)cc1)CC2. The number of nitrogens with zero attached hydrogens (tertiary/aromatic N) is 5. The predicted molar refractivity (Wildman–Crippen MR) is 96.5 cm³/mol. The Morgan fingerprint density at radius 3 is 2.84 bits per heavy atom. The molecule has 1 unspecified atom stereocenters. The second-order valence-electron chi connectivity index (χ2n) is 6.67. The monoisotopic (exact) mass is 336 g/mol. The van der Waals surface area contributed by atoms with Gasteiger partial charge in [-0.2, -0.15) is 0 Å². The highest BCUT2D eigenvalue weighted by Crippen LogP contribution is 2.20. The van der Waals surface area contributed by atoms with Crippen LogP contribution in [-0.4, -0.2) is 30.9 Å². The lowest BCUT2D eigenvalue weighted by molar-refractivity contribution is 0.342. The van der Waals surface area contributed by atoms with E-state index in [1.807, 2.05) is 17.1 Å². The van der Waals surface area contributed by atoms with E-state index < -0.39 is 0 Å². The second kappa shape index (κ2) is 7.19. The first-order valence-corrected chi connectivity index (χ1v) is 9.02. The van der Waals surface area contributed by atoms with Crippen LogP contribution in [0.15, 0.2) is 43.0 Å². The molecular formula is C19H24N6. The molecule has 1 aliphatic heterocycles. The Morgan fingerprint density at radius 1 is 1.20 bits per heavy atom. The molecule has 0 amide bonds. The van der Waals surface area contributed by atoms with E-state index >= 15 is 0 Å². The van der Waals surface area contributed by atoms with Crippen molar-refractivity contribution in [2.75, 3.05) is 6.54 Å². The van der Waals surface area contributed by atoms with Gasteiger partial charge < -0.3 is 14.5 Å². The maximum absolute atomic E-state index is 4.31. The maximum Gasteiger partial charge on any atom is 0.133 e. The van der Waals surface area contributed by atoms with Gasteiger partial charge in [-0.3, -0.25) is 0 Å². The van der Waals surface area contributed by atoms with Crippen molar-refractivity contribution in [1.82, 2.24) is 29.6 Å². The van der Waals surface area contributed by atoms with Gasteiger partial charge >= 0.3 is 0 Å². The highest BCUT2D eigenvalue weighted by Gasteiger charge is 2.21. The van der Waals surface area contributed by atoms with E-state index in [4.69, 9.17) is 0 Å². The van der Waals surface area contributed by atoms with Crippen LogP contribution in [0.4, 0.5) is 0 Å². The number of benzene rings is 1. The minimum atomic E-state index is 0.652. The molecule has 0 radical (unpaired) electrons. The molecule has 130 valence electrons. The van der Waals surface area contributed by atoms with Crippen LogP contribution in [0.2, 0.25) is 0 Å². The van der Waals surface area contributed by atoms with Crippen molar-refractivity contribution < 1.29 is 0 Å². The summed E-state index contributed by atoms with van der Waals surface area (Å²) in [6.07, 6.45) is 8.76. The first-order chi connectivity index (χ1) is 12.3. The lowest BCUT2D eigenvalue weighted by Gasteiger charge is -2.24. The van der Waals surface area contributed by atoms with Crippen molar-refractivity contribution in [1.29, 1.82) is 0 Å². The molecule has 3 aromatic rings. The fourth-order valence-electron chi connectivity index (χ4n) is 3.50. The first-order valence-electron chi connectivity index (χ1n) is 9.02. The molecule has 0 spiro atoms. The van der Waals surface area contributed by atoms with Gasteiger partial charge in [0.1, 0.15) is 11.6 Å². The summed E-state index contributed by atoms with van der Waals surface area (Å²) in [5.74, 6) is 2.93. The van der Waals surface area contributed by atoms with E-state index in [2.05, 4.69) is 56.3 Å². The summed E-state index contributed by atoms with van der Waals surface area (Å²) in [4.78, 5) is 4.09. The van der Waals surface area contributed by atoms with Crippen LogP contribution in [-0.2, 0) is 25.9 Å². The number of aryl methyl sites for hydroxylation is 2. The molecule has 2 aromatic heterocycles. The Balaban J connectivity index is 1.29. The number of imidazole rings is 1. The Hall–Kier alpha value is -2.47. The van der Waals surface area contributed by atoms with E-state index in [-0.39, 0.29) is 0 Å². The summed E-state index contributed by atoms with van der Waals surface area (Å²) in [6, 6.07) is 8.62. The van der Waals surface area contributed by atoms with Crippen molar-refractivity contribution in [2.24, 2.45) is 5.92 Å². The largest absolute Gasteiger partial charge is 0.315 e. The summed E-state index contributed by atoms with van der Waals surface area (Å²) < 4.78 is 4.33. The zero-order valence-corrected chi connectivity index (χ0v) is 14.6. The smallest absolute Gasteiger partial charge is 0.133 e. The van der Waals surface area contributed by atoms with Gasteiger partial charge in [0.05, 0.1) is 6.33 Å². The quantitative estimate of drug-likeness (QED) is 0.751. The summed E-state index contributed by atoms with van der Waals surface area (Å²) >= 11 is 0. The molecule has 3 heterocycles. The van der Waals surface area contributed by atoms with Gasteiger partial charge in [0.25, 0.3) is 0 Å². The van der Waals surface area contributed by atoms with Gasteiger partial charge in [-0.05, 0) is 36.6 Å². The number of aromatic nitrogens is 5. The van der Waals surface area contributed by atoms with Gasteiger partial charge in [-0.1, -0.05) is 19.1 Å². The predicted octanol–water partition coefficient (Wildman–Crippen LogP) is 2.38. The summed E-state index contributed by atoms with van der Waals surface area (Å²) in [5, 5.41) is 12.2. The highest BCUT2D eigenvalue weighted by molar-refractivity contribution is 5.34. The second-order valence-corrected chi connectivity index (χ2v) is 6.67. The van der Waals surface area contributed by atoms with Gasteiger partial charge in [-0.25, -0.2) is 4.98 Å². The van der Waals surface area contributed by atoms with Crippen molar-refractivity contribution in [3.05, 3.63) is 60.2 Å². The molecule has 1 aromatic carbocycles. The topological polar surface area (TPSA) is 60.6 Å². The zero-order valence-electron chi connectivity index (χ0n) is 14.6. The number of rotatable bonds is 6. The van der Waals surface area contributed by atoms with Gasteiger partial charge in [0.2, 0.25) is 0 Å². The molecule has 1 atom stereocenters. The van der Waals surface area contributed by atoms with Gasteiger partial charge in [0, 0.05) is 44.0 Å². The number of hydrogen-bond acceptors (Lipinski definition) is 4. The molecule has 4 rings (SSSR count). The summed E-state index contributed by atoms with van der Waals surface area (Å²) in [7, 11) is 0. The van der Waals surface area contributed by atoms with E-state index in [9.17, 15) is 0 Å². The van der Waals surface area contributed by atoms with E-state index in [0.717, 1.165) is 49.8 Å². The van der Waals surface area contributed by atoms with Crippen LogP contribution in [0.5, 0.6) is 0 Å². The average molecular weight is 336 g/mol. The summed E-state index contributed by atoms with van der Waals surface area (Å²) in [5.41, 5.74) is 2.44. The van der Waals surface area contributed by atoms with Crippen LogP contribution >= 0.6 is 0 Å². The van der Waals surface area contributed by atoms with Gasteiger partial charge in [0.15, 0.2) is 0 Å². The molecule has 25 heavy (non-hydrogen) atoms. The Labute approximate surface area is 147 Å². The summed E-state index contributed by atoms with van der Waals surface area (Å²) in [6.45, 7) is 5.12. The van der Waals surface area contributed by atoms with Crippen molar-refractivity contribution in [3.63, 3.8) is 0 Å². The van der Waals surface area contributed by atoms with E-state index in [1.165, 1.54) is 12.0 Å². The average Bonchev–Trinajstić information content (AvgIpc) is 3.32. The van der Waals surface area contributed by atoms with Crippen LogP contribution in [0.1, 0.15) is 30.6 Å². The molecular weight excluding hydrogens is 312 g/mol. The molecule has 6 heteroatoms. The van der Waals surface area contributed by atoms with Crippen molar-refractivity contribution >= 4 is 0 Å². The first kappa shape index (κ1) is 16.0. The molecule has 0 fully saturated rings. The lowest BCUT2D eigenvalue weighted by atomic mass is 9.99. The van der Waals surface area contributed by atoms with Crippen LogP contribution in [0, 0.1) is 5.92 Å². The van der Waals surface area contributed by atoms with Crippen LogP contribution in [0.3, 0.4) is 0 Å². The molecule has 0 aliphatic carbocycles. The van der Waals surface area contributed by atoms with Crippen molar-refractivity contribution in [2.45, 2.75) is 39.3 Å². The molecule has 1 aliphatic rings. The number of nitrogens with one attached hydrogen (secondary N) is 1. The maximum atomic E-state index is 4.31. The Morgan fingerprint density at radius 2 is 2.08 bits per heavy atom. The molecule has 6 nitrogen and oxygen atoms in total. The number of fused-ring (bicyclic) bond motifs is 1. The van der Waals surface area contributed by atoms with E-state index in [1.54, 1.807) is 6.20 Å². The lowest BCUT2D eigenvalue weighted by Crippen LogP contribution is -2.30. The molecule has 0 saturated carbocycles. The van der Waals surface area contributed by atoms with Crippen LogP contribution in [0.25, 0.3) is 5.69 Å². The van der Waals surface area contributed by atoms with Gasteiger partial charge in [-0.15, -0.1) is 10.2 Å². The minimum Gasteiger partial charge on any atom is -0.315 e. The third-order valence-electron chi connectivity index (χ3n) is 4.94. The third kappa shape index (κ3) is 3.49. The fourth-order valence-corrected chi connectivity index (χ4v) is 3.50. The Bertz CT molecular complexity index is 790. The minimum absolute atomic E-state index is 0.652. The molecule has 1 N–H and O–H groups in total. The molecule has 0 bridgehead atoms. The fraction of sp³-hybridized carbons (Fsp3) is 0.421. The standard InChI is InChI=1S/C19H24N6/c1-2-18-22-23-19-8-5-16(13-25(18)19)12-21-11-15-3-6-17(7-4-15)24-10-9-20-14-24/h3-4,6-7,9-10,14,16,21H,2,5,8,11-13H2,1H3. The zero-order chi connectivity index (χ0) is 17.1. The molecule has 0 saturated heterocycles.